The second-order valence-electron chi connectivity index (χ2n) is 8.20. The van der Waals surface area contributed by atoms with E-state index in [1.165, 1.54) is 55.4 Å². The van der Waals surface area contributed by atoms with Gasteiger partial charge in [-0.2, -0.15) is 0 Å². The van der Waals surface area contributed by atoms with Crippen molar-refractivity contribution in [3.05, 3.63) is 85.5 Å². The van der Waals surface area contributed by atoms with Crippen molar-refractivity contribution in [3.63, 3.8) is 0 Å². The van der Waals surface area contributed by atoms with Gasteiger partial charge in [-0.15, -0.1) is 0 Å². The number of rotatable bonds is 1. The number of halogens is 1. The molecule has 0 saturated heterocycles. The molecule has 0 N–H and O–H groups in total. The summed E-state index contributed by atoms with van der Waals surface area (Å²) in [4.78, 5) is 0. The van der Waals surface area contributed by atoms with E-state index in [0.717, 1.165) is 12.8 Å². The van der Waals surface area contributed by atoms with Crippen molar-refractivity contribution >= 4 is 39.8 Å². The predicted octanol–water partition coefficient (Wildman–Crippen LogP) is 7.17. The number of fused-ring (bicyclic) bond motifs is 3. The highest BCUT2D eigenvalue weighted by atomic mass is 127. The van der Waals surface area contributed by atoms with Gasteiger partial charge in [0, 0.05) is 8.99 Å². The van der Waals surface area contributed by atoms with E-state index < -0.39 is 0 Å². The average Bonchev–Trinajstić information content (AvgIpc) is 2.88. The molecule has 1 heteroatoms. The summed E-state index contributed by atoms with van der Waals surface area (Å²) in [6.45, 7) is 4.79. The number of benzene rings is 2. The monoisotopic (exact) mass is 450 g/mol. The van der Waals surface area contributed by atoms with Crippen molar-refractivity contribution < 1.29 is 0 Å². The molecule has 0 bridgehead atoms. The standard InChI is InChI=1S/C25H23I/c1-25(2)23-14-17(20-9-5-7-16-6-3-4-8-19(16)20)10-12-21(23)22-13-11-18(26)15-24(22)25/h4-5,7-9,11,13-15H,3,6,10,12H2,1-2H3. The van der Waals surface area contributed by atoms with Gasteiger partial charge in [-0.1, -0.05) is 56.3 Å². The maximum absolute atomic E-state index is 2.52. The van der Waals surface area contributed by atoms with Crippen molar-refractivity contribution in [2.45, 2.75) is 44.9 Å². The lowest BCUT2D eigenvalue weighted by Crippen LogP contribution is -2.17. The fraction of sp³-hybridized carbons (Fsp3) is 0.280. The Bertz CT molecular complexity index is 1010. The first-order valence-corrected chi connectivity index (χ1v) is 10.7. The maximum atomic E-state index is 2.52. The van der Waals surface area contributed by atoms with E-state index in [1.807, 2.05) is 0 Å². The molecule has 0 aromatic heterocycles. The molecule has 0 radical (unpaired) electrons. The van der Waals surface area contributed by atoms with Crippen LogP contribution >= 0.6 is 22.6 Å². The minimum atomic E-state index is 0.0994. The van der Waals surface area contributed by atoms with Crippen LogP contribution in [0.1, 0.15) is 60.9 Å². The molecule has 130 valence electrons. The zero-order valence-corrected chi connectivity index (χ0v) is 17.6. The smallest absolute Gasteiger partial charge is 0.0156 e. The van der Waals surface area contributed by atoms with Crippen molar-refractivity contribution in [3.8, 4) is 0 Å². The molecule has 0 atom stereocenters. The van der Waals surface area contributed by atoms with Gasteiger partial charge in [-0.05, 0) is 105 Å². The quantitative estimate of drug-likeness (QED) is 0.404. The van der Waals surface area contributed by atoms with Crippen LogP contribution in [-0.4, -0.2) is 0 Å². The molecule has 0 unspecified atom stereocenters. The Morgan fingerprint density at radius 2 is 1.85 bits per heavy atom. The fourth-order valence-electron chi connectivity index (χ4n) is 4.97. The summed E-state index contributed by atoms with van der Waals surface area (Å²) in [6, 6.07) is 13.8. The molecule has 3 aliphatic carbocycles. The summed E-state index contributed by atoms with van der Waals surface area (Å²) in [5.41, 5.74) is 12.1. The highest BCUT2D eigenvalue weighted by molar-refractivity contribution is 14.1. The topological polar surface area (TPSA) is 0 Å². The largest absolute Gasteiger partial charge is 0.0836 e. The van der Waals surface area contributed by atoms with Gasteiger partial charge in [0.05, 0.1) is 0 Å². The van der Waals surface area contributed by atoms with Gasteiger partial charge in [-0.3, -0.25) is 0 Å². The van der Waals surface area contributed by atoms with Gasteiger partial charge in [0.2, 0.25) is 0 Å². The number of allylic oxidation sites excluding steroid dienone is 5. The summed E-state index contributed by atoms with van der Waals surface area (Å²) in [6.07, 6.45) is 11.8. The van der Waals surface area contributed by atoms with Crippen LogP contribution < -0.4 is 0 Å². The summed E-state index contributed by atoms with van der Waals surface area (Å²) in [7, 11) is 0. The molecule has 26 heavy (non-hydrogen) atoms. The van der Waals surface area contributed by atoms with Gasteiger partial charge < -0.3 is 0 Å². The number of hydrogen-bond acceptors (Lipinski definition) is 0. The van der Waals surface area contributed by atoms with Crippen LogP contribution in [0.4, 0.5) is 0 Å². The van der Waals surface area contributed by atoms with Crippen LogP contribution in [0.2, 0.25) is 0 Å². The first-order valence-electron chi connectivity index (χ1n) is 9.59. The molecule has 5 rings (SSSR count). The molecule has 0 amide bonds. The molecule has 2 aromatic carbocycles. The van der Waals surface area contributed by atoms with Gasteiger partial charge in [0.25, 0.3) is 0 Å². The van der Waals surface area contributed by atoms with Crippen LogP contribution in [0.25, 0.3) is 17.2 Å². The lowest BCUT2D eigenvalue weighted by molar-refractivity contribution is 0.651. The molecule has 0 spiro atoms. The summed E-state index contributed by atoms with van der Waals surface area (Å²) in [5.74, 6) is 0. The van der Waals surface area contributed by atoms with Crippen LogP contribution in [0.5, 0.6) is 0 Å². The van der Waals surface area contributed by atoms with Crippen molar-refractivity contribution in [2.24, 2.45) is 0 Å². The zero-order valence-electron chi connectivity index (χ0n) is 15.4. The zero-order chi connectivity index (χ0) is 17.9. The summed E-state index contributed by atoms with van der Waals surface area (Å²) in [5, 5.41) is 0. The molecular formula is C25H23I. The second-order valence-corrected chi connectivity index (χ2v) is 9.44. The van der Waals surface area contributed by atoms with E-state index in [9.17, 15) is 0 Å². The molecule has 2 aromatic rings. The molecule has 3 aliphatic rings. The van der Waals surface area contributed by atoms with Crippen LogP contribution in [0.3, 0.4) is 0 Å². The molecule has 0 saturated carbocycles. The fourth-order valence-corrected chi connectivity index (χ4v) is 5.46. The third-order valence-corrected chi connectivity index (χ3v) is 7.02. The Morgan fingerprint density at radius 3 is 2.73 bits per heavy atom. The first-order chi connectivity index (χ1) is 12.6. The molecule has 0 fully saturated rings. The van der Waals surface area contributed by atoms with E-state index >= 15 is 0 Å². The van der Waals surface area contributed by atoms with Crippen molar-refractivity contribution in [1.82, 2.24) is 0 Å². The van der Waals surface area contributed by atoms with E-state index in [4.69, 9.17) is 0 Å². The normalized spacial score (nSPS) is 19.7. The third-order valence-electron chi connectivity index (χ3n) is 6.35. The van der Waals surface area contributed by atoms with Crippen LogP contribution in [-0.2, 0) is 11.8 Å². The van der Waals surface area contributed by atoms with E-state index in [-0.39, 0.29) is 5.41 Å². The second kappa shape index (κ2) is 5.95. The Labute approximate surface area is 169 Å². The van der Waals surface area contributed by atoms with Gasteiger partial charge in [0.15, 0.2) is 0 Å². The maximum Gasteiger partial charge on any atom is 0.0156 e. The van der Waals surface area contributed by atoms with Gasteiger partial charge >= 0.3 is 0 Å². The summed E-state index contributed by atoms with van der Waals surface area (Å²) < 4.78 is 1.33. The molecule has 0 heterocycles. The Morgan fingerprint density at radius 1 is 0.962 bits per heavy atom. The lowest BCUT2D eigenvalue weighted by Gasteiger charge is -2.27. The number of hydrogen-bond donors (Lipinski definition) is 0. The minimum absolute atomic E-state index is 0.0994. The van der Waals surface area contributed by atoms with Crippen molar-refractivity contribution in [2.75, 3.05) is 0 Å². The molecular weight excluding hydrogens is 427 g/mol. The van der Waals surface area contributed by atoms with E-state index in [2.05, 4.69) is 91.1 Å². The Hall–Kier alpha value is -1.61. The number of aryl methyl sites for hydroxylation is 1. The minimum Gasteiger partial charge on any atom is -0.0836 e. The lowest BCUT2D eigenvalue weighted by atomic mass is 9.77. The molecule has 0 nitrogen and oxygen atoms in total. The van der Waals surface area contributed by atoms with Gasteiger partial charge in [0.1, 0.15) is 0 Å². The highest BCUT2D eigenvalue weighted by Crippen LogP contribution is 2.52. The Kier molecular flexibility index (Phi) is 3.79. The Balaban J connectivity index is 1.65. The van der Waals surface area contributed by atoms with E-state index in [1.54, 1.807) is 5.57 Å². The molecule has 0 aliphatic heterocycles. The average molecular weight is 450 g/mol. The third kappa shape index (κ3) is 2.40. The van der Waals surface area contributed by atoms with Gasteiger partial charge in [-0.25, -0.2) is 0 Å². The highest BCUT2D eigenvalue weighted by Gasteiger charge is 2.38. The van der Waals surface area contributed by atoms with Crippen LogP contribution in [0, 0.1) is 3.57 Å². The van der Waals surface area contributed by atoms with Crippen molar-refractivity contribution in [1.29, 1.82) is 0 Å². The van der Waals surface area contributed by atoms with E-state index in [0.29, 0.717) is 0 Å². The van der Waals surface area contributed by atoms with Crippen LogP contribution in [0.15, 0.2) is 54.1 Å². The first kappa shape index (κ1) is 16.6. The summed E-state index contributed by atoms with van der Waals surface area (Å²) >= 11 is 2.44. The SMILES string of the molecule is CC1(C)C2=C(CCC(c3cccc4c3C=CCC4)=C2)c2ccc(I)cc21. The predicted molar refractivity (Wildman–Crippen MR) is 120 cm³/mol.